The van der Waals surface area contributed by atoms with Crippen LogP contribution in [0.4, 0.5) is 5.69 Å². The molecule has 0 heterocycles. The number of anilines is 1. The number of hydrogen-bond donors (Lipinski definition) is 1. The van der Waals surface area contributed by atoms with Crippen molar-refractivity contribution in [2.24, 2.45) is 0 Å². The van der Waals surface area contributed by atoms with Gasteiger partial charge in [-0.05, 0) is 40.2 Å². The standard InChI is InChI=1S/C14H8BrNO8S2.2K/c15-8-4-9(26(22,23)24)12(16)11-10(8)14(18)7-3-5(25(19,20)21)1-2-6(7)13(11)17;;/h1-4H,16H2,(H,19,20,21)(H,22,23,24);;/q;2*+1/p-2. The summed E-state index contributed by atoms with van der Waals surface area (Å²) in [7, 11) is -9.89. The fraction of sp³-hybridized carbons (Fsp3) is 0. The van der Waals surface area contributed by atoms with Crippen molar-refractivity contribution in [1.82, 2.24) is 0 Å². The van der Waals surface area contributed by atoms with Crippen LogP contribution in [0.2, 0.25) is 0 Å². The first-order chi connectivity index (χ1) is 11.8. The first kappa shape index (κ1) is 27.2. The van der Waals surface area contributed by atoms with Crippen LogP contribution in [-0.2, 0) is 20.2 Å². The zero-order valence-electron chi connectivity index (χ0n) is 14.3. The maximum atomic E-state index is 12.7. The number of fused-ring (bicyclic) bond motifs is 2. The number of nitrogen functional groups attached to an aromatic ring is 1. The fourth-order valence-electron chi connectivity index (χ4n) is 2.64. The topological polar surface area (TPSA) is 175 Å². The summed E-state index contributed by atoms with van der Waals surface area (Å²) < 4.78 is 67.2. The minimum atomic E-state index is -5.02. The van der Waals surface area contributed by atoms with Crippen LogP contribution in [0.3, 0.4) is 0 Å². The average molecular weight is 538 g/mol. The van der Waals surface area contributed by atoms with Gasteiger partial charge in [0.2, 0.25) is 0 Å². The van der Waals surface area contributed by atoms with Gasteiger partial charge >= 0.3 is 103 Å². The Bertz CT molecular complexity index is 1240. The maximum Gasteiger partial charge on any atom is 1.00 e. The molecule has 0 saturated heterocycles. The van der Waals surface area contributed by atoms with Crippen molar-refractivity contribution in [3.05, 3.63) is 51.0 Å². The zero-order valence-corrected chi connectivity index (χ0v) is 23.8. The van der Waals surface area contributed by atoms with Gasteiger partial charge < -0.3 is 14.8 Å². The van der Waals surface area contributed by atoms with Crippen LogP contribution in [0, 0.1) is 0 Å². The molecule has 9 nitrogen and oxygen atoms in total. The Kier molecular flexibility index (Phi) is 9.06. The van der Waals surface area contributed by atoms with E-state index in [1.807, 2.05) is 0 Å². The average Bonchev–Trinajstić information content (AvgIpc) is 2.51. The number of hydrogen-bond acceptors (Lipinski definition) is 9. The largest absolute Gasteiger partial charge is 1.00 e. The van der Waals surface area contributed by atoms with Crippen LogP contribution in [0.5, 0.6) is 0 Å². The summed E-state index contributed by atoms with van der Waals surface area (Å²) in [5.74, 6) is -1.73. The van der Waals surface area contributed by atoms with Crippen molar-refractivity contribution < 1.29 is 138 Å². The molecule has 0 aromatic heterocycles. The number of halogens is 1. The van der Waals surface area contributed by atoms with E-state index < -0.39 is 52.8 Å². The monoisotopic (exact) mass is 537 g/mol. The summed E-state index contributed by atoms with van der Waals surface area (Å²) >= 11 is 2.93. The summed E-state index contributed by atoms with van der Waals surface area (Å²) in [6.07, 6.45) is 0. The third-order valence-corrected chi connectivity index (χ3v) is 6.11. The van der Waals surface area contributed by atoms with Crippen molar-refractivity contribution in [1.29, 1.82) is 0 Å². The quantitative estimate of drug-likeness (QED) is 0.190. The molecule has 0 fully saturated rings. The second kappa shape index (κ2) is 9.34. The molecule has 0 bridgehead atoms. The summed E-state index contributed by atoms with van der Waals surface area (Å²) in [5, 5.41) is 0. The molecule has 1 aliphatic carbocycles. The van der Waals surface area contributed by atoms with Gasteiger partial charge in [-0.1, -0.05) is 0 Å². The van der Waals surface area contributed by atoms with Crippen molar-refractivity contribution >= 4 is 53.4 Å². The Morgan fingerprint density at radius 1 is 0.821 bits per heavy atom. The molecule has 28 heavy (non-hydrogen) atoms. The van der Waals surface area contributed by atoms with Gasteiger partial charge in [-0.15, -0.1) is 0 Å². The molecular formula is C14H6BrK2NO8S2. The normalized spacial score (nSPS) is 13.1. The van der Waals surface area contributed by atoms with Crippen LogP contribution in [0.25, 0.3) is 0 Å². The Balaban J connectivity index is 0.00000196. The fourth-order valence-corrected chi connectivity index (χ4v) is 4.53. The Morgan fingerprint density at radius 2 is 1.36 bits per heavy atom. The molecule has 0 aliphatic heterocycles. The number of carbonyl (C=O) groups excluding carboxylic acids is 2. The van der Waals surface area contributed by atoms with Gasteiger partial charge in [0.25, 0.3) is 0 Å². The van der Waals surface area contributed by atoms with E-state index in [1.165, 1.54) is 0 Å². The molecule has 0 amide bonds. The van der Waals surface area contributed by atoms with Crippen LogP contribution >= 0.6 is 15.9 Å². The molecule has 0 unspecified atom stereocenters. The summed E-state index contributed by atoms with van der Waals surface area (Å²) in [4.78, 5) is 23.8. The second-order valence-electron chi connectivity index (χ2n) is 5.29. The number of nitrogens with two attached hydrogens (primary N) is 1. The van der Waals surface area contributed by atoms with Crippen molar-refractivity contribution in [3.63, 3.8) is 0 Å². The van der Waals surface area contributed by atoms with Gasteiger partial charge in [-0.2, -0.15) is 0 Å². The Hall–Kier alpha value is 1.15. The first-order valence-electron chi connectivity index (χ1n) is 6.61. The predicted molar refractivity (Wildman–Crippen MR) is 87.8 cm³/mol. The summed E-state index contributed by atoms with van der Waals surface area (Å²) in [5.41, 5.74) is 3.54. The molecule has 0 spiro atoms. The predicted octanol–water partition coefficient (Wildman–Crippen LogP) is -5.38. The smallest absolute Gasteiger partial charge is 0.744 e. The van der Waals surface area contributed by atoms with Gasteiger partial charge in [0, 0.05) is 15.6 Å². The molecule has 3 rings (SSSR count). The van der Waals surface area contributed by atoms with Crippen molar-refractivity contribution in [2.45, 2.75) is 9.79 Å². The summed E-state index contributed by atoms with van der Waals surface area (Å²) in [6, 6.07) is 3.36. The zero-order chi connectivity index (χ0) is 19.6. The van der Waals surface area contributed by atoms with E-state index in [0.717, 1.165) is 24.3 Å². The molecule has 2 aromatic rings. The number of ketones is 2. The molecule has 1 aliphatic rings. The molecular weight excluding hydrogens is 532 g/mol. The maximum absolute atomic E-state index is 12.7. The molecule has 2 N–H and O–H groups in total. The van der Waals surface area contributed by atoms with Crippen LogP contribution < -0.4 is 109 Å². The van der Waals surface area contributed by atoms with Crippen LogP contribution in [-0.4, -0.2) is 37.5 Å². The third-order valence-electron chi connectivity index (χ3n) is 3.77. The van der Waals surface area contributed by atoms with Gasteiger partial charge in [0.15, 0.2) is 11.6 Å². The van der Waals surface area contributed by atoms with Gasteiger partial charge in [-0.3, -0.25) is 9.59 Å². The Morgan fingerprint density at radius 3 is 1.86 bits per heavy atom. The third kappa shape index (κ3) is 4.81. The van der Waals surface area contributed by atoms with E-state index in [1.54, 1.807) is 0 Å². The number of carbonyl (C=O) groups is 2. The van der Waals surface area contributed by atoms with Crippen molar-refractivity contribution in [2.75, 3.05) is 5.73 Å². The molecule has 0 radical (unpaired) electrons. The van der Waals surface area contributed by atoms with E-state index in [2.05, 4.69) is 15.9 Å². The number of rotatable bonds is 2. The molecule has 14 heteroatoms. The molecule has 2 aromatic carbocycles. The minimum absolute atomic E-state index is 0. The van der Waals surface area contributed by atoms with Gasteiger partial charge in [-0.25, -0.2) is 16.8 Å². The van der Waals surface area contributed by atoms with Gasteiger partial charge in [0.1, 0.15) is 20.2 Å². The number of benzene rings is 2. The SMILES string of the molecule is Nc1c(S(=O)(=O)[O-])cc(Br)c2c1C(=O)c1ccc(S(=O)(=O)[O-])cc1C2=O.[K+].[K+]. The molecule has 0 atom stereocenters. The van der Waals surface area contributed by atoms with Crippen LogP contribution in [0.15, 0.2) is 38.5 Å². The van der Waals surface area contributed by atoms with E-state index in [0.29, 0.717) is 0 Å². The first-order valence-corrected chi connectivity index (χ1v) is 10.2. The van der Waals surface area contributed by atoms with E-state index >= 15 is 0 Å². The van der Waals surface area contributed by atoms with E-state index in [4.69, 9.17) is 5.73 Å². The minimum Gasteiger partial charge on any atom is -0.744 e. The van der Waals surface area contributed by atoms with Crippen molar-refractivity contribution in [3.8, 4) is 0 Å². The summed E-state index contributed by atoms with van der Waals surface area (Å²) in [6.45, 7) is 0. The van der Waals surface area contributed by atoms with Crippen LogP contribution in [0.1, 0.15) is 31.8 Å². The second-order valence-corrected chi connectivity index (χ2v) is 8.88. The molecule has 136 valence electrons. The van der Waals surface area contributed by atoms with E-state index in [-0.39, 0.29) is 124 Å². The Labute approximate surface area is 253 Å². The van der Waals surface area contributed by atoms with Gasteiger partial charge in [0.05, 0.1) is 26.6 Å². The van der Waals surface area contributed by atoms with E-state index in [9.17, 15) is 35.5 Å². The molecule has 0 saturated carbocycles.